The maximum absolute atomic E-state index is 6.07. The molecule has 1 rings (SSSR count). The normalized spacial score (nSPS) is 19.1. The molecule has 1 aliphatic heterocycles. The van der Waals surface area contributed by atoms with Gasteiger partial charge >= 0.3 is 0 Å². The Bertz CT molecular complexity index is 338. The summed E-state index contributed by atoms with van der Waals surface area (Å²) in [7, 11) is 2.11. The highest BCUT2D eigenvalue weighted by Gasteiger charge is 2.31. The van der Waals surface area contributed by atoms with Gasteiger partial charge in [0, 0.05) is 45.5 Å². The number of rotatable bonds is 7. The molecule has 1 fully saturated rings. The first-order valence-corrected chi connectivity index (χ1v) is 10.7. The van der Waals surface area contributed by atoms with Crippen LogP contribution in [0.5, 0.6) is 0 Å². The number of nitrogens with zero attached hydrogens (tertiary/aromatic N) is 4. The Labute approximate surface area is 127 Å². The Kier molecular flexibility index (Phi) is 7.33. The Hall–Kier alpha value is 0.390. The van der Waals surface area contributed by atoms with Crippen molar-refractivity contribution in [3.8, 4) is 0 Å². The van der Waals surface area contributed by atoms with Gasteiger partial charge in [0.05, 0.1) is 0 Å². The van der Waals surface area contributed by atoms with Gasteiger partial charge in [-0.1, -0.05) is 39.5 Å². The van der Waals surface area contributed by atoms with Crippen LogP contribution in [-0.2, 0) is 11.8 Å². The molecule has 0 atom stereocenters. The van der Waals surface area contributed by atoms with Gasteiger partial charge in [0.2, 0.25) is 0 Å². The second kappa shape index (κ2) is 7.99. The highest BCUT2D eigenvalue weighted by molar-refractivity contribution is 8.16. The van der Waals surface area contributed by atoms with Gasteiger partial charge in [0.15, 0.2) is 11.7 Å². The van der Waals surface area contributed by atoms with E-state index in [0.29, 0.717) is 0 Å². The van der Waals surface area contributed by atoms with Crippen LogP contribution in [0.15, 0.2) is 4.76 Å². The predicted octanol–water partition coefficient (Wildman–Crippen LogP) is 2.93. The molecular weight excluding hydrogens is 295 g/mol. The van der Waals surface area contributed by atoms with E-state index in [-0.39, 0.29) is 0 Å². The zero-order valence-electron chi connectivity index (χ0n) is 12.8. The molecule has 0 aromatic carbocycles. The van der Waals surface area contributed by atoms with Crippen LogP contribution in [0.3, 0.4) is 0 Å². The van der Waals surface area contributed by atoms with Gasteiger partial charge in [-0.2, -0.15) is 4.76 Å². The molecule has 0 aromatic heterocycles. The maximum atomic E-state index is 6.07. The molecule has 0 bridgehead atoms. The molecule has 4 nitrogen and oxygen atoms in total. The van der Waals surface area contributed by atoms with Crippen molar-refractivity contribution in [1.82, 2.24) is 14.2 Å². The van der Waals surface area contributed by atoms with Gasteiger partial charge in [-0.05, 0) is 11.8 Å². The maximum Gasteiger partial charge on any atom is 0.190 e. The fourth-order valence-electron chi connectivity index (χ4n) is 2.19. The van der Waals surface area contributed by atoms with Crippen LogP contribution in [0.1, 0.15) is 27.7 Å². The van der Waals surface area contributed by atoms with E-state index in [9.17, 15) is 0 Å². The first kappa shape index (κ1) is 17.4. The van der Waals surface area contributed by atoms with Crippen LogP contribution in [0.4, 0.5) is 0 Å². The monoisotopic (exact) mass is 322 g/mol. The third-order valence-corrected chi connectivity index (χ3v) is 9.27. The fraction of sp³-hybridized carbons (Fsp3) is 0.917. The molecule has 1 saturated heterocycles. The van der Waals surface area contributed by atoms with E-state index in [4.69, 9.17) is 16.6 Å². The molecule has 0 spiro atoms. The Balaban J connectivity index is 3.14. The minimum atomic E-state index is -2.00. The van der Waals surface area contributed by atoms with Crippen LogP contribution in [-0.4, -0.2) is 64.9 Å². The average Bonchev–Trinajstić information content (AvgIpc) is 2.77. The highest BCUT2D eigenvalue weighted by atomic mass is 32.4. The van der Waals surface area contributed by atoms with Crippen molar-refractivity contribution in [1.29, 1.82) is 0 Å². The molecule has 1 aliphatic rings. The number of thioether (sulfide) groups is 1. The van der Waals surface area contributed by atoms with Crippen molar-refractivity contribution in [2.45, 2.75) is 27.7 Å². The Morgan fingerprint density at radius 1 is 1.16 bits per heavy atom. The third-order valence-electron chi connectivity index (χ3n) is 3.40. The first-order chi connectivity index (χ1) is 9.03. The lowest BCUT2D eigenvalue weighted by atomic mass is 10.7. The lowest BCUT2D eigenvalue weighted by molar-refractivity contribution is 0.421. The SMILES string of the molecule is CCN(CC)P(=S)(/N=C1\SCCN1C)N(CC)CC. The largest absolute Gasteiger partial charge is 0.353 e. The quantitative estimate of drug-likeness (QED) is 0.670. The van der Waals surface area contributed by atoms with Gasteiger partial charge in [0.25, 0.3) is 0 Å². The molecule has 0 amide bonds. The Morgan fingerprint density at radius 3 is 1.95 bits per heavy atom. The van der Waals surface area contributed by atoms with Crippen LogP contribution in [0.2, 0.25) is 0 Å². The number of amidine groups is 1. The summed E-state index contributed by atoms with van der Waals surface area (Å²) in [6.45, 7) is 11.7. The molecule has 1 heterocycles. The van der Waals surface area contributed by atoms with Crippen LogP contribution in [0, 0.1) is 0 Å². The fourth-order valence-corrected chi connectivity index (χ4v) is 7.85. The second-order valence-corrected chi connectivity index (χ2v) is 9.33. The molecule has 19 heavy (non-hydrogen) atoms. The first-order valence-electron chi connectivity index (χ1n) is 7.08. The lowest BCUT2D eigenvalue weighted by Crippen LogP contribution is -2.32. The number of hydrogen-bond donors (Lipinski definition) is 0. The van der Waals surface area contributed by atoms with E-state index >= 15 is 0 Å². The van der Waals surface area contributed by atoms with Crippen molar-refractivity contribution in [2.75, 3.05) is 45.5 Å². The van der Waals surface area contributed by atoms with Gasteiger partial charge < -0.3 is 4.90 Å². The summed E-state index contributed by atoms with van der Waals surface area (Å²) in [5, 5.41) is 1.13. The topological polar surface area (TPSA) is 22.1 Å². The lowest BCUT2D eigenvalue weighted by Gasteiger charge is -2.38. The van der Waals surface area contributed by atoms with Crippen molar-refractivity contribution >= 4 is 35.2 Å². The van der Waals surface area contributed by atoms with Crippen molar-refractivity contribution in [2.24, 2.45) is 4.76 Å². The third kappa shape index (κ3) is 3.94. The van der Waals surface area contributed by atoms with E-state index < -0.39 is 6.49 Å². The smallest absolute Gasteiger partial charge is 0.190 e. The number of hydrogen-bond acceptors (Lipinski definition) is 2. The summed E-state index contributed by atoms with van der Waals surface area (Å²) in [6, 6.07) is 0. The van der Waals surface area contributed by atoms with Gasteiger partial charge in [-0.25, -0.2) is 9.34 Å². The molecule has 0 aliphatic carbocycles. The molecular formula is C12H27N4PS2. The zero-order valence-corrected chi connectivity index (χ0v) is 15.3. The minimum Gasteiger partial charge on any atom is -0.353 e. The van der Waals surface area contributed by atoms with Crippen molar-refractivity contribution in [3.63, 3.8) is 0 Å². The van der Waals surface area contributed by atoms with E-state index in [0.717, 1.165) is 43.6 Å². The standard InChI is InChI=1S/C12H27N4PS2/c1-6-15(7-2)17(18,16(8-3)9-4)13-12-14(5)10-11-19-12/h6-11H2,1-5H3/b13-12-. The van der Waals surface area contributed by atoms with Gasteiger partial charge in [-0.3, -0.25) is 0 Å². The molecule has 0 N–H and O–H groups in total. The molecule has 0 aromatic rings. The summed E-state index contributed by atoms with van der Waals surface area (Å²) in [4.78, 5) is 2.23. The van der Waals surface area contributed by atoms with E-state index in [1.54, 1.807) is 0 Å². The molecule has 0 radical (unpaired) electrons. The van der Waals surface area contributed by atoms with Crippen LogP contribution in [0.25, 0.3) is 0 Å². The summed E-state index contributed by atoms with van der Waals surface area (Å²) < 4.78 is 9.80. The summed E-state index contributed by atoms with van der Waals surface area (Å²) in [5.74, 6) is 1.13. The minimum absolute atomic E-state index is 0.968. The van der Waals surface area contributed by atoms with Gasteiger partial charge in [-0.15, -0.1) is 0 Å². The Morgan fingerprint density at radius 2 is 1.63 bits per heavy atom. The van der Waals surface area contributed by atoms with E-state index in [1.165, 1.54) is 0 Å². The van der Waals surface area contributed by atoms with Crippen molar-refractivity contribution in [3.05, 3.63) is 0 Å². The van der Waals surface area contributed by atoms with Crippen LogP contribution >= 0.6 is 18.3 Å². The molecule has 0 unspecified atom stereocenters. The van der Waals surface area contributed by atoms with Gasteiger partial charge in [0.1, 0.15) is 0 Å². The molecule has 112 valence electrons. The van der Waals surface area contributed by atoms with E-state index in [1.807, 2.05) is 11.8 Å². The van der Waals surface area contributed by atoms with Crippen LogP contribution < -0.4 is 0 Å². The second-order valence-electron chi connectivity index (χ2n) is 4.44. The summed E-state index contributed by atoms with van der Waals surface area (Å²) in [6.07, 6.45) is 0. The average molecular weight is 322 g/mol. The summed E-state index contributed by atoms with van der Waals surface area (Å²) in [5.41, 5.74) is 0. The molecule has 0 saturated carbocycles. The summed E-state index contributed by atoms with van der Waals surface area (Å²) >= 11 is 7.90. The highest BCUT2D eigenvalue weighted by Crippen LogP contribution is 2.55. The molecule has 7 heteroatoms. The van der Waals surface area contributed by atoms with Crippen molar-refractivity contribution < 1.29 is 0 Å². The van der Waals surface area contributed by atoms with E-state index in [2.05, 4.69) is 49.0 Å². The zero-order chi connectivity index (χ0) is 14.5. The predicted molar refractivity (Wildman–Crippen MR) is 92.7 cm³/mol.